The Bertz CT molecular complexity index is 549. The molecule has 1 aliphatic rings. The van der Waals surface area contributed by atoms with Gasteiger partial charge in [-0.2, -0.15) is 0 Å². The van der Waals surface area contributed by atoms with Gasteiger partial charge in [-0.1, -0.05) is 12.1 Å². The minimum Gasteiger partial charge on any atom is -0.392 e. The number of rotatable bonds is 3. The number of para-hydroxylation sites is 2. The average Bonchev–Trinajstić information content (AvgIpc) is 2.90. The number of nitrogens with zero attached hydrogens (tertiary/aromatic N) is 3. The summed E-state index contributed by atoms with van der Waals surface area (Å²) in [6.07, 6.45) is 0.773. The van der Waals surface area contributed by atoms with Crippen molar-refractivity contribution in [3.63, 3.8) is 0 Å². The second-order valence-corrected chi connectivity index (χ2v) is 5.04. The number of aliphatic hydroxyl groups is 1. The van der Waals surface area contributed by atoms with E-state index in [1.807, 2.05) is 6.07 Å². The fourth-order valence-corrected chi connectivity index (χ4v) is 2.73. The van der Waals surface area contributed by atoms with Crippen LogP contribution in [0, 0.1) is 6.92 Å². The predicted molar refractivity (Wildman–Crippen MR) is 71.5 cm³/mol. The molecule has 18 heavy (non-hydrogen) atoms. The molecule has 2 heterocycles. The molecule has 1 aliphatic heterocycles. The summed E-state index contributed by atoms with van der Waals surface area (Å²) in [5.74, 6) is 1.07. The van der Waals surface area contributed by atoms with Crippen LogP contribution in [0.5, 0.6) is 0 Å². The molecule has 1 aromatic heterocycles. The van der Waals surface area contributed by atoms with E-state index in [0.717, 1.165) is 43.9 Å². The summed E-state index contributed by atoms with van der Waals surface area (Å²) in [7, 11) is 0. The molecule has 3 rings (SSSR count). The lowest BCUT2D eigenvalue weighted by molar-refractivity contribution is 0.175. The molecule has 1 N–H and O–H groups in total. The molecular formula is C14H19N3O. The molecule has 4 nitrogen and oxygen atoms in total. The van der Waals surface area contributed by atoms with Crippen LogP contribution >= 0.6 is 0 Å². The van der Waals surface area contributed by atoms with E-state index in [9.17, 15) is 5.11 Å². The molecule has 4 heteroatoms. The Kier molecular flexibility index (Phi) is 3.06. The number of fused-ring (bicyclic) bond motifs is 1. The summed E-state index contributed by atoms with van der Waals surface area (Å²) >= 11 is 0. The first-order chi connectivity index (χ1) is 8.74. The molecule has 0 unspecified atom stereocenters. The van der Waals surface area contributed by atoms with E-state index in [0.29, 0.717) is 0 Å². The molecule has 0 amide bonds. The zero-order valence-corrected chi connectivity index (χ0v) is 10.7. The largest absolute Gasteiger partial charge is 0.392 e. The molecule has 1 atom stereocenters. The molecule has 1 fully saturated rings. The van der Waals surface area contributed by atoms with Crippen molar-refractivity contribution in [2.24, 2.45) is 0 Å². The first kappa shape index (κ1) is 11.7. The Morgan fingerprint density at radius 2 is 2.17 bits per heavy atom. The number of hydrogen-bond acceptors (Lipinski definition) is 3. The summed E-state index contributed by atoms with van der Waals surface area (Å²) in [6.45, 7) is 5.80. The second kappa shape index (κ2) is 4.71. The highest BCUT2D eigenvalue weighted by Crippen LogP contribution is 2.16. The van der Waals surface area contributed by atoms with E-state index >= 15 is 0 Å². The lowest BCUT2D eigenvalue weighted by atomic mass is 10.3. The van der Waals surface area contributed by atoms with Crippen molar-refractivity contribution in [1.29, 1.82) is 0 Å². The van der Waals surface area contributed by atoms with E-state index in [1.54, 1.807) is 0 Å². The smallest absolute Gasteiger partial charge is 0.106 e. The maximum atomic E-state index is 9.52. The summed E-state index contributed by atoms with van der Waals surface area (Å²) in [6, 6.07) is 8.25. The lowest BCUT2D eigenvalue weighted by Crippen LogP contribution is -2.26. The van der Waals surface area contributed by atoms with E-state index in [4.69, 9.17) is 0 Å². The van der Waals surface area contributed by atoms with E-state index in [-0.39, 0.29) is 6.10 Å². The van der Waals surface area contributed by atoms with Gasteiger partial charge in [0, 0.05) is 26.2 Å². The summed E-state index contributed by atoms with van der Waals surface area (Å²) in [5.41, 5.74) is 2.27. The van der Waals surface area contributed by atoms with Gasteiger partial charge >= 0.3 is 0 Å². The van der Waals surface area contributed by atoms with E-state index < -0.39 is 0 Å². The van der Waals surface area contributed by atoms with Crippen LogP contribution in [-0.4, -0.2) is 45.3 Å². The van der Waals surface area contributed by atoms with Crippen LogP contribution in [0.1, 0.15) is 12.2 Å². The lowest BCUT2D eigenvalue weighted by Gasteiger charge is -2.16. The van der Waals surface area contributed by atoms with Gasteiger partial charge in [-0.3, -0.25) is 4.90 Å². The normalized spacial score (nSPS) is 20.9. The van der Waals surface area contributed by atoms with Crippen molar-refractivity contribution in [3.05, 3.63) is 30.1 Å². The third kappa shape index (κ3) is 2.13. The molecule has 96 valence electrons. The SMILES string of the molecule is Cc1nc2ccccc2n1CCN1CC[C@H](O)C1. The average molecular weight is 245 g/mol. The topological polar surface area (TPSA) is 41.3 Å². The Morgan fingerprint density at radius 3 is 2.94 bits per heavy atom. The van der Waals surface area contributed by atoms with Gasteiger partial charge < -0.3 is 9.67 Å². The van der Waals surface area contributed by atoms with Crippen LogP contribution in [0.15, 0.2) is 24.3 Å². The van der Waals surface area contributed by atoms with Gasteiger partial charge in [-0.15, -0.1) is 0 Å². The number of benzene rings is 1. The second-order valence-electron chi connectivity index (χ2n) is 5.04. The molecule has 1 aromatic carbocycles. The number of imidazole rings is 1. The number of hydrogen-bond donors (Lipinski definition) is 1. The molecule has 2 aromatic rings. The molecule has 0 radical (unpaired) electrons. The predicted octanol–water partition coefficient (Wildman–Crippen LogP) is 1.41. The highest BCUT2D eigenvalue weighted by molar-refractivity contribution is 5.75. The van der Waals surface area contributed by atoms with Crippen molar-refractivity contribution in [3.8, 4) is 0 Å². The fourth-order valence-electron chi connectivity index (χ4n) is 2.73. The molecule has 0 bridgehead atoms. The van der Waals surface area contributed by atoms with Crippen molar-refractivity contribution < 1.29 is 5.11 Å². The first-order valence-corrected chi connectivity index (χ1v) is 6.56. The number of aryl methyl sites for hydroxylation is 1. The van der Waals surface area contributed by atoms with Gasteiger partial charge in [-0.25, -0.2) is 4.98 Å². The van der Waals surface area contributed by atoms with Crippen molar-refractivity contribution in [2.75, 3.05) is 19.6 Å². The number of likely N-dealkylation sites (tertiary alicyclic amines) is 1. The first-order valence-electron chi connectivity index (χ1n) is 6.56. The highest BCUT2D eigenvalue weighted by atomic mass is 16.3. The number of aromatic nitrogens is 2. The Balaban J connectivity index is 1.76. The van der Waals surface area contributed by atoms with Crippen LogP contribution in [-0.2, 0) is 6.54 Å². The van der Waals surface area contributed by atoms with E-state index in [1.165, 1.54) is 5.52 Å². The third-order valence-electron chi connectivity index (χ3n) is 3.73. The highest BCUT2D eigenvalue weighted by Gasteiger charge is 2.19. The minimum absolute atomic E-state index is 0.134. The molecule has 1 saturated heterocycles. The van der Waals surface area contributed by atoms with Gasteiger partial charge in [-0.05, 0) is 25.5 Å². The van der Waals surface area contributed by atoms with Crippen molar-refractivity contribution in [1.82, 2.24) is 14.5 Å². The van der Waals surface area contributed by atoms with Crippen LogP contribution in [0.3, 0.4) is 0 Å². The van der Waals surface area contributed by atoms with Gasteiger partial charge in [0.05, 0.1) is 17.1 Å². The maximum Gasteiger partial charge on any atom is 0.106 e. The van der Waals surface area contributed by atoms with Crippen LogP contribution < -0.4 is 0 Å². The zero-order valence-electron chi connectivity index (χ0n) is 10.7. The summed E-state index contributed by atoms with van der Waals surface area (Å²) in [4.78, 5) is 6.89. The number of β-amino-alcohol motifs (C(OH)–C–C–N with tert-alkyl or cyclic N) is 1. The number of aliphatic hydroxyl groups excluding tert-OH is 1. The van der Waals surface area contributed by atoms with Crippen molar-refractivity contribution in [2.45, 2.75) is 26.0 Å². The quantitative estimate of drug-likeness (QED) is 0.889. The van der Waals surface area contributed by atoms with E-state index in [2.05, 4.69) is 39.6 Å². The van der Waals surface area contributed by atoms with Crippen LogP contribution in [0.2, 0.25) is 0 Å². The molecule has 0 aliphatic carbocycles. The monoisotopic (exact) mass is 245 g/mol. The van der Waals surface area contributed by atoms with Gasteiger partial charge in [0.25, 0.3) is 0 Å². The Morgan fingerprint density at radius 1 is 1.33 bits per heavy atom. The summed E-state index contributed by atoms with van der Waals surface area (Å²) < 4.78 is 2.26. The fraction of sp³-hybridized carbons (Fsp3) is 0.500. The third-order valence-corrected chi connectivity index (χ3v) is 3.73. The van der Waals surface area contributed by atoms with Crippen LogP contribution in [0.4, 0.5) is 0 Å². The van der Waals surface area contributed by atoms with Gasteiger partial charge in [0.15, 0.2) is 0 Å². The standard InChI is InChI=1S/C14H19N3O/c1-11-15-13-4-2-3-5-14(13)17(11)9-8-16-7-6-12(18)10-16/h2-5,12,18H,6-10H2,1H3/t12-/m0/s1. The Labute approximate surface area is 107 Å². The molecular weight excluding hydrogens is 226 g/mol. The van der Waals surface area contributed by atoms with Gasteiger partial charge in [0.2, 0.25) is 0 Å². The zero-order chi connectivity index (χ0) is 12.5. The van der Waals surface area contributed by atoms with Gasteiger partial charge in [0.1, 0.15) is 5.82 Å². The van der Waals surface area contributed by atoms with Crippen molar-refractivity contribution >= 4 is 11.0 Å². The summed E-state index contributed by atoms with van der Waals surface area (Å²) in [5, 5.41) is 9.52. The minimum atomic E-state index is -0.134. The molecule has 0 saturated carbocycles. The Hall–Kier alpha value is -1.39. The molecule has 0 spiro atoms. The maximum absolute atomic E-state index is 9.52. The van der Waals surface area contributed by atoms with Crippen LogP contribution in [0.25, 0.3) is 11.0 Å².